The van der Waals surface area contributed by atoms with Crippen molar-refractivity contribution in [2.75, 3.05) is 25.2 Å². The maximum Gasteiger partial charge on any atom is 0.356 e. The Morgan fingerprint density at radius 2 is 2.00 bits per heavy atom. The fourth-order valence-electron chi connectivity index (χ4n) is 3.30. The third-order valence-electron chi connectivity index (χ3n) is 4.78. The van der Waals surface area contributed by atoms with Crippen molar-refractivity contribution in [1.29, 1.82) is 0 Å². The summed E-state index contributed by atoms with van der Waals surface area (Å²) in [5.41, 5.74) is -1.17. The molecule has 1 aromatic carbocycles. The molecule has 154 valence electrons. The van der Waals surface area contributed by atoms with Gasteiger partial charge in [-0.2, -0.15) is 5.10 Å². The van der Waals surface area contributed by atoms with Gasteiger partial charge in [0, 0.05) is 32.0 Å². The van der Waals surface area contributed by atoms with E-state index in [1.807, 2.05) is 0 Å². The summed E-state index contributed by atoms with van der Waals surface area (Å²) in [4.78, 5) is 38.9. The van der Waals surface area contributed by atoms with Crippen molar-refractivity contribution < 1.29 is 29.3 Å². The Labute approximate surface area is 166 Å². The highest BCUT2D eigenvalue weighted by Gasteiger charge is 2.49. The van der Waals surface area contributed by atoms with Crippen molar-refractivity contribution in [2.45, 2.75) is 25.4 Å². The molecule has 2 aromatic rings. The SMILES string of the molecule is COCCCNC(=O)C1(C)Cn2nc(C(=O)O)cc2C(=O)N1c1ccc(O)cc1. The van der Waals surface area contributed by atoms with Crippen LogP contribution in [0.5, 0.6) is 5.75 Å². The Hall–Kier alpha value is -3.40. The molecule has 10 nitrogen and oxygen atoms in total. The number of hydrogen-bond donors (Lipinski definition) is 3. The van der Waals surface area contributed by atoms with Crippen LogP contribution in [0, 0.1) is 0 Å². The van der Waals surface area contributed by atoms with Gasteiger partial charge in [-0.15, -0.1) is 0 Å². The molecule has 1 aliphatic heterocycles. The van der Waals surface area contributed by atoms with Crippen LogP contribution in [0.15, 0.2) is 30.3 Å². The van der Waals surface area contributed by atoms with E-state index in [4.69, 9.17) is 4.74 Å². The van der Waals surface area contributed by atoms with Gasteiger partial charge in [0.15, 0.2) is 5.69 Å². The highest BCUT2D eigenvalue weighted by molar-refractivity contribution is 6.12. The molecule has 2 heterocycles. The van der Waals surface area contributed by atoms with E-state index in [9.17, 15) is 24.6 Å². The molecule has 1 atom stereocenters. The number of carboxylic acids is 1. The Kier molecular flexibility index (Phi) is 5.55. The zero-order valence-electron chi connectivity index (χ0n) is 16.1. The molecule has 1 aliphatic rings. The van der Waals surface area contributed by atoms with Crippen LogP contribution in [0.2, 0.25) is 0 Å². The molecule has 1 unspecified atom stereocenters. The highest BCUT2D eigenvalue weighted by atomic mass is 16.5. The summed E-state index contributed by atoms with van der Waals surface area (Å²) in [6, 6.07) is 7.05. The van der Waals surface area contributed by atoms with E-state index < -0.39 is 23.3 Å². The van der Waals surface area contributed by atoms with Gasteiger partial charge < -0.3 is 20.3 Å². The lowest BCUT2D eigenvalue weighted by atomic mass is 9.94. The van der Waals surface area contributed by atoms with Gasteiger partial charge in [0.2, 0.25) is 5.91 Å². The van der Waals surface area contributed by atoms with Crippen LogP contribution in [0.25, 0.3) is 0 Å². The highest BCUT2D eigenvalue weighted by Crippen LogP contribution is 2.33. The van der Waals surface area contributed by atoms with E-state index >= 15 is 0 Å². The maximum absolute atomic E-state index is 13.2. The second-order valence-corrected chi connectivity index (χ2v) is 6.91. The Morgan fingerprint density at radius 1 is 1.31 bits per heavy atom. The predicted molar refractivity (Wildman–Crippen MR) is 102 cm³/mol. The number of benzene rings is 1. The van der Waals surface area contributed by atoms with E-state index in [0.29, 0.717) is 25.3 Å². The van der Waals surface area contributed by atoms with Crippen molar-refractivity contribution in [2.24, 2.45) is 0 Å². The Balaban J connectivity index is 2.02. The summed E-state index contributed by atoms with van der Waals surface area (Å²) >= 11 is 0. The first kappa shape index (κ1) is 20.3. The largest absolute Gasteiger partial charge is 0.508 e. The van der Waals surface area contributed by atoms with Gasteiger partial charge in [0.05, 0.1) is 6.54 Å². The van der Waals surface area contributed by atoms with Gasteiger partial charge in [-0.1, -0.05) is 0 Å². The number of carbonyl (C=O) groups excluding carboxylic acids is 2. The average molecular weight is 402 g/mol. The molecule has 2 amide bonds. The van der Waals surface area contributed by atoms with Gasteiger partial charge in [0.1, 0.15) is 17.0 Å². The second kappa shape index (κ2) is 7.92. The summed E-state index contributed by atoms with van der Waals surface area (Å²) in [6.07, 6.45) is 0.599. The van der Waals surface area contributed by atoms with Gasteiger partial charge in [-0.05, 0) is 37.6 Å². The van der Waals surface area contributed by atoms with Crippen molar-refractivity contribution in [1.82, 2.24) is 15.1 Å². The standard InChI is InChI=1S/C19H22N4O6/c1-19(18(28)20-8-3-9-29-2)11-22-15(10-14(21-22)17(26)27)16(25)23(19)12-4-6-13(24)7-5-12/h4-7,10,24H,3,8-9,11H2,1-2H3,(H,20,28)(H,26,27). The normalized spacial score (nSPS) is 18.4. The van der Waals surface area contributed by atoms with Gasteiger partial charge in [0.25, 0.3) is 5.91 Å². The number of methoxy groups -OCH3 is 1. The molecule has 3 N–H and O–H groups in total. The van der Waals surface area contributed by atoms with E-state index in [1.165, 1.54) is 39.9 Å². The smallest absolute Gasteiger partial charge is 0.356 e. The molecular weight excluding hydrogens is 380 g/mol. The van der Waals surface area contributed by atoms with E-state index in [0.717, 1.165) is 0 Å². The number of amides is 2. The number of hydrogen-bond acceptors (Lipinski definition) is 6. The number of aromatic hydroxyl groups is 1. The number of rotatable bonds is 7. The molecule has 1 aromatic heterocycles. The molecule has 0 bridgehead atoms. The van der Waals surface area contributed by atoms with Crippen molar-refractivity contribution in [3.63, 3.8) is 0 Å². The van der Waals surface area contributed by atoms with Gasteiger partial charge in [-0.25, -0.2) is 4.79 Å². The van der Waals surface area contributed by atoms with Crippen LogP contribution in [0.1, 0.15) is 34.3 Å². The average Bonchev–Trinajstić information content (AvgIpc) is 3.11. The molecule has 0 spiro atoms. The third-order valence-corrected chi connectivity index (χ3v) is 4.78. The number of nitrogens with zero attached hydrogens (tertiary/aromatic N) is 3. The maximum atomic E-state index is 13.2. The molecule has 3 rings (SSSR count). The van der Waals surface area contributed by atoms with Crippen LogP contribution in [0.3, 0.4) is 0 Å². The molecule has 0 saturated carbocycles. The summed E-state index contributed by atoms with van der Waals surface area (Å²) < 4.78 is 6.22. The van der Waals surface area contributed by atoms with Gasteiger partial charge in [-0.3, -0.25) is 19.2 Å². The van der Waals surface area contributed by atoms with Crippen LogP contribution in [0.4, 0.5) is 5.69 Å². The molecule has 0 fully saturated rings. The molecule has 29 heavy (non-hydrogen) atoms. The number of anilines is 1. The number of nitrogens with one attached hydrogen (secondary N) is 1. The van der Waals surface area contributed by atoms with Crippen molar-refractivity contribution in [3.05, 3.63) is 41.7 Å². The Bertz CT molecular complexity index is 939. The minimum Gasteiger partial charge on any atom is -0.508 e. The van der Waals surface area contributed by atoms with Crippen LogP contribution in [-0.2, 0) is 16.1 Å². The number of aromatic nitrogens is 2. The number of fused-ring (bicyclic) bond motifs is 1. The van der Waals surface area contributed by atoms with Gasteiger partial charge >= 0.3 is 5.97 Å². The minimum absolute atomic E-state index is 0.0159. The zero-order chi connectivity index (χ0) is 21.2. The lowest BCUT2D eigenvalue weighted by Gasteiger charge is -2.43. The van der Waals surface area contributed by atoms with Crippen molar-refractivity contribution >= 4 is 23.5 Å². The summed E-state index contributed by atoms with van der Waals surface area (Å²) in [7, 11) is 1.56. The molecule has 10 heteroatoms. The molecule has 0 radical (unpaired) electrons. The first-order chi connectivity index (χ1) is 13.8. The number of aromatic carboxylic acids is 1. The molecule has 0 aliphatic carbocycles. The number of carboxylic acid groups (broad SMARTS) is 1. The topological polar surface area (TPSA) is 134 Å². The Morgan fingerprint density at radius 3 is 2.62 bits per heavy atom. The van der Waals surface area contributed by atoms with Crippen LogP contribution in [-0.4, -0.2) is 63.6 Å². The summed E-state index contributed by atoms with van der Waals surface area (Å²) in [6.45, 7) is 2.39. The monoisotopic (exact) mass is 402 g/mol. The van der Waals surface area contributed by atoms with Crippen molar-refractivity contribution in [3.8, 4) is 5.75 Å². The van der Waals surface area contributed by atoms with E-state index in [-0.39, 0.29) is 23.7 Å². The molecular formula is C19H22N4O6. The zero-order valence-corrected chi connectivity index (χ0v) is 16.1. The van der Waals surface area contributed by atoms with Crippen LogP contribution < -0.4 is 10.2 Å². The fraction of sp³-hybridized carbons (Fsp3) is 0.368. The summed E-state index contributed by atoms with van der Waals surface area (Å²) in [5, 5.41) is 25.6. The minimum atomic E-state index is -1.37. The van der Waals surface area contributed by atoms with Crippen LogP contribution >= 0.6 is 0 Å². The number of carbonyl (C=O) groups is 3. The third kappa shape index (κ3) is 3.79. The number of phenolic OH excluding ortho intramolecular Hbond substituents is 1. The van der Waals surface area contributed by atoms with E-state index in [1.54, 1.807) is 14.0 Å². The second-order valence-electron chi connectivity index (χ2n) is 6.91. The first-order valence-corrected chi connectivity index (χ1v) is 9.00. The number of ether oxygens (including phenoxy) is 1. The fourth-order valence-corrected chi connectivity index (χ4v) is 3.30. The molecule has 0 saturated heterocycles. The lowest BCUT2D eigenvalue weighted by molar-refractivity contribution is -0.126. The van der Waals surface area contributed by atoms with E-state index in [2.05, 4.69) is 10.4 Å². The summed E-state index contributed by atoms with van der Waals surface area (Å²) in [5.74, 6) is -2.21. The lowest BCUT2D eigenvalue weighted by Crippen LogP contribution is -2.64. The quantitative estimate of drug-likeness (QED) is 0.585. The predicted octanol–water partition coefficient (Wildman–Crippen LogP) is 0.859. The number of phenols is 1. The first-order valence-electron chi connectivity index (χ1n) is 9.00.